The van der Waals surface area contributed by atoms with E-state index in [0.29, 0.717) is 5.56 Å². The first-order valence-electron chi connectivity index (χ1n) is 3.99. The average molecular weight is 192 g/mol. The molecule has 0 aliphatic rings. The second-order valence-electron chi connectivity index (χ2n) is 2.70. The Morgan fingerprint density at radius 2 is 1.93 bits per heavy atom. The molecule has 0 fully saturated rings. The molecular weight excluding hydrogens is 186 g/mol. The highest BCUT2D eigenvalue weighted by Crippen LogP contribution is 2.22. The Morgan fingerprint density at radius 3 is 2.57 bits per heavy atom. The number of hydrogen-bond donors (Lipinski definition) is 0. The predicted octanol–water partition coefficient (Wildman–Crippen LogP) is 2.42. The molecule has 0 aliphatic heterocycles. The molecule has 0 spiro atoms. The summed E-state index contributed by atoms with van der Waals surface area (Å²) in [6, 6.07) is 4.31. The van der Waals surface area contributed by atoms with Crippen molar-refractivity contribution in [3.63, 3.8) is 0 Å². The number of pyridine rings is 2. The molecule has 0 aliphatic carbocycles. The predicted molar refractivity (Wildman–Crippen MR) is 47.4 cm³/mol. The van der Waals surface area contributed by atoms with Gasteiger partial charge in [-0.1, -0.05) is 6.07 Å². The van der Waals surface area contributed by atoms with Crippen molar-refractivity contribution < 1.29 is 8.78 Å². The zero-order valence-electron chi connectivity index (χ0n) is 7.11. The van der Waals surface area contributed by atoms with E-state index in [2.05, 4.69) is 9.97 Å². The highest BCUT2D eigenvalue weighted by Gasteiger charge is 2.11. The van der Waals surface area contributed by atoms with Crippen LogP contribution in [0, 0.1) is 11.8 Å². The Bertz CT molecular complexity index is 423. The molecule has 14 heavy (non-hydrogen) atoms. The highest BCUT2D eigenvalue weighted by molar-refractivity contribution is 5.62. The van der Waals surface area contributed by atoms with E-state index in [1.807, 2.05) is 0 Å². The smallest absolute Gasteiger partial charge is 0.223 e. The Balaban J connectivity index is 2.63. The van der Waals surface area contributed by atoms with Gasteiger partial charge >= 0.3 is 0 Å². The maximum Gasteiger partial charge on any atom is 0.223 e. The van der Waals surface area contributed by atoms with Crippen molar-refractivity contribution >= 4 is 0 Å². The largest absolute Gasteiger partial charge is 0.264 e. The average Bonchev–Trinajstić information content (AvgIpc) is 2.19. The van der Waals surface area contributed by atoms with Crippen molar-refractivity contribution in [3.8, 4) is 11.1 Å². The van der Waals surface area contributed by atoms with E-state index >= 15 is 0 Å². The minimum absolute atomic E-state index is 0.138. The summed E-state index contributed by atoms with van der Waals surface area (Å²) in [5.74, 6) is -1.46. The lowest BCUT2D eigenvalue weighted by atomic mass is 10.1. The molecule has 2 rings (SSSR count). The first kappa shape index (κ1) is 8.74. The summed E-state index contributed by atoms with van der Waals surface area (Å²) in [7, 11) is 0. The molecule has 2 nitrogen and oxygen atoms in total. The minimum atomic E-state index is -0.821. The topological polar surface area (TPSA) is 25.8 Å². The Labute approximate surface area is 79.3 Å². The summed E-state index contributed by atoms with van der Waals surface area (Å²) >= 11 is 0. The molecule has 0 atom stereocenters. The molecule has 0 bridgehead atoms. The van der Waals surface area contributed by atoms with Crippen LogP contribution in [0.3, 0.4) is 0 Å². The van der Waals surface area contributed by atoms with Crippen molar-refractivity contribution in [2.75, 3.05) is 0 Å². The Kier molecular flexibility index (Phi) is 2.18. The molecule has 2 aromatic rings. The first-order chi connectivity index (χ1) is 6.79. The lowest BCUT2D eigenvalue weighted by molar-refractivity contribution is 0.558. The molecule has 0 radical (unpaired) electrons. The molecule has 0 amide bonds. The standard InChI is InChI=1S/C10H6F2N2/c11-8-3-5-14-10(12)9(8)7-2-1-4-13-6-7/h1-6H. The summed E-state index contributed by atoms with van der Waals surface area (Å²) in [6.45, 7) is 0. The summed E-state index contributed by atoms with van der Waals surface area (Å²) in [5, 5.41) is 0. The van der Waals surface area contributed by atoms with Crippen LogP contribution in [0.2, 0.25) is 0 Å². The number of hydrogen-bond acceptors (Lipinski definition) is 2. The van der Waals surface area contributed by atoms with Crippen LogP contribution in [0.1, 0.15) is 0 Å². The number of nitrogens with zero attached hydrogens (tertiary/aromatic N) is 2. The van der Waals surface area contributed by atoms with Gasteiger partial charge in [0, 0.05) is 24.2 Å². The van der Waals surface area contributed by atoms with E-state index in [1.165, 1.54) is 12.4 Å². The van der Waals surface area contributed by atoms with Gasteiger partial charge in [-0.15, -0.1) is 0 Å². The van der Waals surface area contributed by atoms with E-state index < -0.39 is 11.8 Å². The molecule has 0 unspecified atom stereocenters. The summed E-state index contributed by atoms with van der Waals surface area (Å²) in [6.07, 6.45) is 4.02. The van der Waals surface area contributed by atoms with Gasteiger partial charge in [0.15, 0.2) is 0 Å². The molecule has 70 valence electrons. The normalized spacial score (nSPS) is 10.1. The van der Waals surface area contributed by atoms with Gasteiger partial charge in [0.1, 0.15) is 5.82 Å². The third kappa shape index (κ3) is 1.46. The fourth-order valence-corrected chi connectivity index (χ4v) is 1.18. The number of aromatic nitrogens is 2. The van der Waals surface area contributed by atoms with E-state index in [9.17, 15) is 8.78 Å². The van der Waals surface area contributed by atoms with Gasteiger partial charge in [-0.3, -0.25) is 4.98 Å². The fraction of sp³-hybridized carbons (Fsp3) is 0. The van der Waals surface area contributed by atoms with Crippen LogP contribution in [0.25, 0.3) is 11.1 Å². The zero-order valence-corrected chi connectivity index (χ0v) is 7.11. The molecule has 0 N–H and O–H groups in total. The second-order valence-corrected chi connectivity index (χ2v) is 2.70. The molecule has 0 aromatic carbocycles. The molecule has 0 saturated heterocycles. The van der Waals surface area contributed by atoms with Crippen LogP contribution < -0.4 is 0 Å². The Hall–Kier alpha value is -1.84. The van der Waals surface area contributed by atoms with E-state index in [-0.39, 0.29) is 5.56 Å². The summed E-state index contributed by atoms with van der Waals surface area (Å²) in [4.78, 5) is 7.16. The summed E-state index contributed by atoms with van der Waals surface area (Å²) in [5.41, 5.74) is 0.246. The monoisotopic (exact) mass is 192 g/mol. The zero-order chi connectivity index (χ0) is 9.97. The van der Waals surface area contributed by atoms with Gasteiger partial charge < -0.3 is 0 Å². The van der Waals surface area contributed by atoms with Gasteiger partial charge in [-0.05, 0) is 12.1 Å². The van der Waals surface area contributed by atoms with Gasteiger partial charge in [0.05, 0.1) is 5.56 Å². The van der Waals surface area contributed by atoms with Gasteiger partial charge in [0.25, 0.3) is 0 Å². The van der Waals surface area contributed by atoms with Gasteiger partial charge in [0.2, 0.25) is 5.95 Å². The van der Waals surface area contributed by atoms with Crippen LogP contribution in [-0.4, -0.2) is 9.97 Å². The van der Waals surface area contributed by atoms with Crippen molar-refractivity contribution in [2.24, 2.45) is 0 Å². The third-order valence-corrected chi connectivity index (χ3v) is 1.80. The third-order valence-electron chi connectivity index (χ3n) is 1.80. The lowest BCUT2D eigenvalue weighted by Gasteiger charge is -2.02. The second kappa shape index (κ2) is 3.49. The minimum Gasteiger partial charge on any atom is -0.264 e. The van der Waals surface area contributed by atoms with Crippen molar-refractivity contribution in [1.82, 2.24) is 9.97 Å². The molecule has 4 heteroatoms. The SMILES string of the molecule is Fc1ccnc(F)c1-c1cccnc1. The molecule has 2 heterocycles. The van der Waals surface area contributed by atoms with Crippen molar-refractivity contribution in [3.05, 3.63) is 48.6 Å². The highest BCUT2D eigenvalue weighted by atomic mass is 19.1. The van der Waals surface area contributed by atoms with Crippen LogP contribution >= 0.6 is 0 Å². The van der Waals surface area contributed by atoms with Gasteiger partial charge in [-0.25, -0.2) is 9.37 Å². The Morgan fingerprint density at radius 1 is 1.07 bits per heavy atom. The van der Waals surface area contributed by atoms with Crippen molar-refractivity contribution in [1.29, 1.82) is 0 Å². The lowest BCUT2D eigenvalue weighted by Crippen LogP contribution is -1.93. The van der Waals surface area contributed by atoms with Crippen molar-refractivity contribution in [2.45, 2.75) is 0 Å². The van der Waals surface area contributed by atoms with Crippen LogP contribution in [0.15, 0.2) is 36.8 Å². The van der Waals surface area contributed by atoms with Gasteiger partial charge in [-0.2, -0.15) is 4.39 Å². The molecular formula is C10H6F2N2. The molecule has 0 saturated carbocycles. The maximum absolute atomic E-state index is 13.2. The van der Waals surface area contributed by atoms with Crippen LogP contribution in [0.5, 0.6) is 0 Å². The number of halogens is 2. The van der Waals surface area contributed by atoms with Crippen LogP contribution in [0.4, 0.5) is 8.78 Å². The van der Waals surface area contributed by atoms with E-state index in [1.54, 1.807) is 12.1 Å². The van der Waals surface area contributed by atoms with E-state index in [0.717, 1.165) is 12.3 Å². The van der Waals surface area contributed by atoms with E-state index in [4.69, 9.17) is 0 Å². The quantitative estimate of drug-likeness (QED) is 0.648. The van der Waals surface area contributed by atoms with Crippen LogP contribution in [-0.2, 0) is 0 Å². The fourth-order valence-electron chi connectivity index (χ4n) is 1.18. The molecule has 2 aromatic heterocycles. The maximum atomic E-state index is 13.2. The first-order valence-corrected chi connectivity index (χ1v) is 3.99. The summed E-state index contributed by atoms with van der Waals surface area (Å²) < 4.78 is 26.4. The number of rotatable bonds is 1.